The predicted octanol–water partition coefficient (Wildman–Crippen LogP) is 7.66. The highest BCUT2D eigenvalue weighted by atomic mass is 32.2. The minimum Gasteiger partial charge on any atom is -0.326 e. The summed E-state index contributed by atoms with van der Waals surface area (Å²) in [6, 6.07) is 15.6. The van der Waals surface area contributed by atoms with E-state index in [0.29, 0.717) is 0 Å². The van der Waals surface area contributed by atoms with Crippen LogP contribution in [0.4, 0.5) is 5.69 Å². The number of anilines is 1. The van der Waals surface area contributed by atoms with Gasteiger partial charge in [-0.1, -0.05) is 65.5 Å². The fourth-order valence-electron chi connectivity index (χ4n) is 4.10. The van der Waals surface area contributed by atoms with Crippen LogP contribution in [-0.2, 0) is 9.73 Å². The molecule has 1 amide bonds. The zero-order valence-corrected chi connectivity index (χ0v) is 23.5. The van der Waals surface area contributed by atoms with Crippen molar-refractivity contribution in [3.8, 4) is 11.3 Å². The molecule has 0 spiro atoms. The molecule has 9 heteroatoms. The maximum atomic E-state index is 13.1. The lowest BCUT2D eigenvalue weighted by Crippen LogP contribution is -2.24. The quantitative estimate of drug-likeness (QED) is 0.0886. The first-order chi connectivity index (χ1) is 18.0. The Morgan fingerprint density at radius 1 is 1.14 bits per heavy atom. The molecule has 2 aromatic carbocycles. The molecule has 0 saturated heterocycles. The number of aromatic amines is 1. The van der Waals surface area contributed by atoms with Crippen LogP contribution in [-0.4, -0.2) is 16.1 Å². The van der Waals surface area contributed by atoms with Crippen LogP contribution in [0.25, 0.3) is 22.2 Å². The van der Waals surface area contributed by atoms with Crippen molar-refractivity contribution in [2.45, 2.75) is 64.2 Å². The molecule has 1 unspecified atom stereocenters. The summed E-state index contributed by atoms with van der Waals surface area (Å²) in [5, 5.41) is 15.6. The zero-order chi connectivity index (χ0) is 26.6. The number of hydrogen-bond donors (Lipinski definition) is 4. The number of H-pyrrole nitrogens is 1. The number of nitrogens with two attached hydrogens (primary N) is 1. The van der Waals surface area contributed by atoms with Gasteiger partial charge >= 0.3 is 0 Å². The Bertz CT molecular complexity index is 1240. The summed E-state index contributed by atoms with van der Waals surface area (Å²) in [6.07, 6.45) is 5.54. The number of nitrogens with one attached hydrogen (secondary N) is 3. The highest BCUT2D eigenvalue weighted by molar-refractivity contribution is 7.97. The normalized spacial score (nSPS) is 11.8. The van der Waals surface area contributed by atoms with Crippen molar-refractivity contribution < 1.29 is 9.73 Å². The van der Waals surface area contributed by atoms with Gasteiger partial charge in [-0.05, 0) is 70.6 Å². The Labute approximate surface area is 227 Å². The van der Waals surface area contributed by atoms with E-state index in [4.69, 9.17) is 5.90 Å². The molecule has 2 aromatic heterocycles. The van der Waals surface area contributed by atoms with Crippen molar-refractivity contribution in [3.63, 3.8) is 0 Å². The van der Waals surface area contributed by atoms with Gasteiger partial charge in [0.1, 0.15) is 5.69 Å². The molecule has 0 radical (unpaired) electrons. The van der Waals surface area contributed by atoms with Gasteiger partial charge in [-0.3, -0.25) is 9.89 Å². The van der Waals surface area contributed by atoms with Crippen molar-refractivity contribution in [2.24, 2.45) is 11.8 Å². The Morgan fingerprint density at radius 3 is 2.57 bits per heavy atom. The van der Waals surface area contributed by atoms with E-state index in [9.17, 15) is 4.79 Å². The predicted molar refractivity (Wildman–Crippen MR) is 156 cm³/mol. The van der Waals surface area contributed by atoms with Gasteiger partial charge in [-0.2, -0.15) is 22.3 Å². The van der Waals surface area contributed by atoms with Crippen molar-refractivity contribution in [1.82, 2.24) is 15.1 Å². The van der Waals surface area contributed by atoms with E-state index in [1.165, 1.54) is 37.6 Å². The Kier molecular flexibility index (Phi) is 11.6. The van der Waals surface area contributed by atoms with Crippen LogP contribution in [0.5, 0.6) is 0 Å². The summed E-state index contributed by atoms with van der Waals surface area (Å²) in [7, 11) is 0. The minimum atomic E-state index is -0.197. The van der Waals surface area contributed by atoms with E-state index in [1.807, 2.05) is 59.3 Å². The lowest BCUT2D eigenvalue weighted by Gasteiger charge is -2.19. The summed E-state index contributed by atoms with van der Waals surface area (Å²) < 4.78 is 0. The number of amides is 1. The second kappa shape index (κ2) is 14.9. The number of benzene rings is 2. The first-order valence-electron chi connectivity index (χ1n) is 12.7. The van der Waals surface area contributed by atoms with Gasteiger partial charge in [0.05, 0.1) is 11.4 Å². The van der Waals surface area contributed by atoms with Crippen molar-refractivity contribution in [2.75, 3.05) is 5.32 Å². The van der Waals surface area contributed by atoms with Crippen LogP contribution < -0.4 is 16.1 Å². The fourth-order valence-corrected chi connectivity index (χ4v) is 5.28. The third-order valence-electron chi connectivity index (χ3n) is 5.95. The SMILES string of the molecule is CC(C)C(C(=O)Nc1ccc2[nH]nc(-c3cccc(SNON)c3)c2c1)c1ccsc1.CCCCCC. The number of nitrogens with zero attached hydrogens (tertiary/aromatic N) is 1. The molecule has 0 aliphatic rings. The second-order valence-electron chi connectivity index (χ2n) is 9.14. The molecule has 198 valence electrons. The van der Waals surface area contributed by atoms with Crippen LogP contribution in [0.15, 0.2) is 64.2 Å². The lowest BCUT2D eigenvalue weighted by molar-refractivity contribution is -0.118. The van der Waals surface area contributed by atoms with Crippen LogP contribution in [0.3, 0.4) is 0 Å². The summed E-state index contributed by atoms with van der Waals surface area (Å²) in [6.45, 7) is 8.59. The maximum absolute atomic E-state index is 13.1. The minimum absolute atomic E-state index is 0.0101. The van der Waals surface area contributed by atoms with Gasteiger partial charge in [0, 0.05) is 21.5 Å². The molecule has 0 aliphatic heterocycles. The van der Waals surface area contributed by atoms with Crippen molar-refractivity contribution >= 4 is 45.8 Å². The molecule has 4 aromatic rings. The van der Waals surface area contributed by atoms with Gasteiger partial charge in [-0.25, -0.2) is 4.94 Å². The average molecular weight is 540 g/mol. The largest absolute Gasteiger partial charge is 0.326 e. The Morgan fingerprint density at radius 2 is 1.92 bits per heavy atom. The summed E-state index contributed by atoms with van der Waals surface area (Å²) in [4.78, 5) is 21.0. The zero-order valence-electron chi connectivity index (χ0n) is 21.9. The standard InChI is InChI=1S/C22H23N5O2S2.C6H14/c1-13(2)20(15-8-9-30-12-15)22(28)24-16-6-7-19-18(11-16)21(26-25-19)14-4-3-5-17(10-14)31-27-29-23;1-3-5-6-4-2/h3-13,20,27H,23H2,1-2H3,(H,24,28)(H,25,26);3-6H2,1-2H3. The van der Waals surface area contributed by atoms with Gasteiger partial charge in [0.25, 0.3) is 0 Å². The Hall–Kier alpha value is -2.69. The number of unbranched alkanes of at least 4 members (excludes halogenated alkanes) is 3. The van der Waals surface area contributed by atoms with Crippen LogP contribution in [0, 0.1) is 5.92 Å². The summed E-state index contributed by atoms with van der Waals surface area (Å²) in [5.41, 5.74) is 4.43. The highest BCUT2D eigenvalue weighted by Gasteiger charge is 2.25. The molecule has 0 fully saturated rings. The van der Waals surface area contributed by atoms with Gasteiger partial charge < -0.3 is 5.32 Å². The molecule has 0 saturated carbocycles. The second-order valence-corrected chi connectivity index (χ2v) is 10.8. The smallest absolute Gasteiger partial charge is 0.232 e. The van der Waals surface area contributed by atoms with E-state index < -0.39 is 0 Å². The number of thiophene rings is 1. The first-order valence-corrected chi connectivity index (χ1v) is 14.4. The number of rotatable bonds is 11. The van der Waals surface area contributed by atoms with E-state index >= 15 is 0 Å². The fraction of sp³-hybridized carbons (Fsp3) is 0.357. The van der Waals surface area contributed by atoms with Crippen LogP contribution >= 0.6 is 23.3 Å². The van der Waals surface area contributed by atoms with Crippen molar-refractivity contribution in [3.05, 3.63) is 64.9 Å². The number of fused-ring (bicyclic) bond motifs is 1. The van der Waals surface area contributed by atoms with Crippen LogP contribution in [0.1, 0.15) is 64.9 Å². The highest BCUT2D eigenvalue weighted by Crippen LogP contribution is 2.32. The van der Waals surface area contributed by atoms with E-state index in [-0.39, 0.29) is 17.7 Å². The third-order valence-corrected chi connectivity index (χ3v) is 7.32. The topological polar surface area (TPSA) is 105 Å². The van der Waals surface area contributed by atoms with Gasteiger partial charge in [0.2, 0.25) is 5.91 Å². The first kappa shape index (κ1) is 28.9. The molecule has 37 heavy (non-hydrogen) atoms. The van der Waals surface area contributed by atoms with E-state index in [2.05, 4.69) is 53.0 Å². The lowest BCUT2D eigenvalue weighted by atomic mass is 9.89. The monoisotopic (exact) mass is 539 g/mol. The van der Waals surface area contributed by atoms with Gasteiger partial charge in [-0.15, -0.1) is 4.89 Å². The van der Waals surface area contributed by atoms with Crippen LogP contribution in [0.2, 0.25) is 0 Å². The van der Waals surface area contributed by atoms with E-state index in [1.54, 1.807) is 11.3 Å². The number of hydrogen-bond acceptors (Lipinski definition) is 7. The van der Waals surface area contributed by atoms with Gasteiger partial charge in [0.15, 0.2) is 0 Å². The maximum Gasteiger partial charge on any atom is 0.232 e. The number of carbonyl (C=O) groups is 1. The molecule has 0 aliphatic carbocycles. The Balaban J connectivity index is 0.000000568. The summed E-state index contributed by atoms with van der Waals surface area (Å²) in [5.74, 6) is 5.01. The molecular formula is C28H37N5O2S2. The molecule has 4 rings (SSSR count). The third kappa shape index (κ3) is 8.15. The molecule has 2 heterocycles. The average Bonchev–Trinajstić information content (AvgIpc) is 3.57. The molecular weight excluding hydrogens is 502 g/mol. The van der Waals surface area contributed by atoms with E-state index in [0.717, 1.165) is 38.3 Å². The molecule has 1 atom stereocenters. The number of aromatic nitrogens is 2. The summed E-state index contributed by atoms with van der Waals surface area (Å²) >= 11 is 2.87. The molecule has 7 nitrogen and oxygen atoms in total. The number of carbonyl (C=O) groups excluding carboxylic acids is 1. The molecule has 5 N–H and O–H groups in total. The molecule has 0 bridgehead atoms. The van der Waals surface area contributed by atoms with Crippen molar-refractivity contribution in [1.29, 1.82) is 0 Å².